The molecule has 1 aromatic heterocycles. The van der Waals surface area contributed by atoms with Gasteiger partial charge in [0.1, 0.15) is 5.69 Å². The number of pyridine rings is 1. The summed E-state index contributed by atoms with van der Waals surface area (Å²) in [4.78, 5) is 16.2. The van der Waals surface area contributed by atoms with E-state index in [4.69, 9.17) is 0 Å². The summed E-state index contributed by atoms with van der Waals surface area (Å²) < 4.78 is 0.970. The number of nitrogens with one attached hydrogen (secondary N) is 1. The van der Waals surface area contributed by atoms with Gasteiger partial charge in [-0.3, -0.25) is 4.79 Å². The number of carbonyl (C=O) groups is 1. The van der Waals surface area contributed by atoms with Crippen molar-refractivity contribution in [3.8, 4) is 0 Å². The fourth-order valence-electron chi connectivity index (χ4n) is 1.60. The van der Waals surface area contributed by atoms with E-state index < -0.39 is 0 Å². The van der Waals surface area contributed by atoms with Crippen LogP contribution in [0.15, 0.2) is 40.9 Å². The van der Waals surface area contributed by atoms with Gasteiger partial charge in [-0.25, -0.2) is 4.98 Å². The Morgan fingerprint density at radius 2 is 1.89 bits per heavy atom. The van der Waals surface area contributed by atoms with Crippen LogP contribution in [0, 0.1) is 13.8 Å². The van der Waals surface area contributed by atoms with Crippen molar-refractivity contribution >= 4 is 27.5 Å². The molecule has 0 spiro atoms. The Morgan fingerprint density at radius 3 is 2.61 bits per heavy atom. The summed E-state index contributed by atoms with van der Waals surface area (Å²) in [7, 11) is 0. The van der Waals surface area contributed by atoms with Gasteiger partial charge in [0.2, 0.25) is 0 Å². The SMILES string of the molecule is Cc1cccc(C(=O)Nc2cccc(Br)c2C)n1. The maximum atomic E-state index is 12.0. The van der Waals surface area contributed by atoms with Crippen molar-refractivity contribution in [3.05, 3.63) is 57.8 Å². The molecule has 0 aliphatic rings. The second-order valence-electron chi connectivity index (χ2n) is 4.03. The number of rotatable bonds is 2. The molecule has 0 saturated heterocycles. The number of aromatic nitrogens is 1. The Morgan fingerprint density at radius 1 is 1.17 bits per heavy atom. The molecule has 0 atom stereocenters. The predicted molar refractivity (Wildman–Crippen MR) is 75.8 cm³/mol. The van der Waals surface area contributed by atoms with Crippen LogP contribution in [0.3, 0.4) is 0 Å². The van der Waals surface area contributed by atoms with Crippen molar-refractivity contribution in [1.82, 2.24) is 4.98 Å². The van der Waals surface area contributed by atoms with Gasteiger partial charge >= 0.3 is 0 Å². The second kappa shape index (κ2) is 5.31. The fourth-order valence-corrected chi connectivity index (χ4v) is 1.96. The highest BCUT2D eigenvalue weighted by Gasteiger charge is 2.09. The van der Waals surface area contributed by atoms with Crippen molar-refractivity contribution < 1.29 is 4.79 Å². The van der Waals surface area contributed by atoms with Gasteiger partial charge < -0.3 is 5.32 Å². The number of anilines is 1. The summed E-state index contributed by atoms with van der Waals surface area (Å²) >= 11 is 3.44. The summed E-state index contributed by atoms with van der Waals surface area (Å²) in [5.74, 6) is -0.195. The van der Waals surface area contributed by atoms with Crippen LogP contribution in [-0.2, 0) is 0 Å². The molecular formula is C14H13BrN2O. The molecule has 0 radical (unpaired) electrons. The van der Waals surface area contributed by atoms with Crippen LogP contribution in [-0.4, -0.2) is 10.9 Å². The predicted octanol–water partition coefficient (Wildman–Crippen LogP) is 3.71. The Kier molecular flexibility index (Phi) is 3.77. The molecule has 4 heteroatoms. The minimum absolute atomic E-state index is 0.195. The lowest BCUT2D eigenvalue weighted by atomic mass is 10.2. The number of amides is 1. The first-order valence-corrected chi connectivity index (χ1v) is 6.37. The van der Waals surface area contributed by atoms with E-state index in [0.717, 1.165) is 21.4 Å². The van der Waals surface area contributed by atoms with Crippen molar-refractivity contribution in [2.45, 2.75) is 13.8 Å². The average molecular weight is 305 g/mol. The van der Waals surface area contributed by atoms with E-state index in [-0.39, 0.29) is 5.91 Å². The smallest absolute Gasteiger partial charge is 0.274 e. The number of aryl methyl sites for hydroxylation is 1. The molecule has 1 heterocycles. The van der Waals surface area contributed by atoms with E-state index in [1.165, 1.54) is 0 Å². The molecule has 0 aliphatic carbocycles. The molecule has 2 rings (SSSR count). The standard InChI is InChI=1S/C14H13BrN2O/c1-9-5-3-8-13(16-9)14(18)17-12-7-4-6-11(15)10(12)2/h3-8H,1-2H3,(H,17,18). The van der Waals surface area contributed by atoms with Crippen LogP contribution < -0.4 is 5.32 Å². The van der Waals surface area contributed by atoms with Crippen LogP contribution in [0.4, 0.5) is 5.69 Å². The Hall–Kier alpha value is -1.68. The van der Waals surface area contributed by atoms with E-state index in [2.05, 4.69) is 26.2 Å². The van der Waals surface area contributed by atoms with E-state index in [1.807, 2.05) is 44.2 Å². The fraction of sp³-hybridized carbons (Fsp3) is 0.143. The van der Waals surface area contributed by atoms with Crippen LogP contribution in [0.1, 0.15) is 21.7 Å². The molecule has 0 fully saturated rings. The van der Waals surface area contributed by atoms with E-state index in [9.17, 15) is 4.79 Å². The third kappa shape index (κ3) is 2.76. The zero-order valence-corrected chi connectivity index (χ0v) is 11.8. The molecule has 0 saturated carbocycles. The first-order chi connectivity index (χ1) is 8.58. The van der Waals surface area contributed by atoms with Gasteiger partial charge in [0.25, 0.3) is 5.91 Å². The van der Waals surface area contributed by atoms with Gasteiger partial charge in [-0.2, -0.15) is 0 Å². The molecule has 92 valence electrons. The van der Waals surface area contributed by atoms with Crippen molar-refractivity contribution in [2.75, 3.05) is 5.32 Å². The van der Waals surface area contributed by atoms with Crippen molar-refractivity contribution in [3.63, 3.8) is 0 Å². The van der Waals surface area contributed by atoms with Gasteiger partial charge in [0.05, 0.1) is 0 Å². The number of nitrogens with zero attached hydrogens (tertiary/aromatic N) is 1. The highest BCUT2D eigenvalue weighted by Crippen LogP contribution is 2.23. The molecule has 1 amide bonds. The minimum atomic E-state index is -0.195. The molecule has 1 N–H and O–H groups in total. The summed E-state index contributed by atoms with van der Waals surface area (Å²) in [6.07, 6.45) is 0. The van der Waals surface area contributed by atoms with E-state index in [0.29, 0.717) is 5.69 Å². The van der Waals surface area contributed by atoms with Crippen LogP contribution in [0.2, 0.25) is 0 Å². The van der Waals surface area contributed by atoms with E-state index >= 15 is 0 Å². The third-order valence-electron chi connectivity index (χ3n) is 2.64. The number of halogens is 1. The molecule has 3 nitrogen and oxygen atoms in total. The van der Waals surface area contributed by atoms with Crippen molar-refractivity contribution in [2.24, 2.45) is 0 Å². The Labute approximate surface area is 114 Å². The molecule has 0 unspecified atom stereocenters. The van der Waals surface area contributed by atoms with Gasteiger partial charge in [0, 0.05) is 15.9 Å². The molecule has 18 heavy (non-hydrogen) atoms. The zero-order chi connectivity index (χ0) is 13.1. The third-order valence-corrected chi connectivity index (χ3v) is 3.50. The lowest BCUT2D eigenvalue weighted by Crippen LogP contribution is -2.14. The summed E-state index contributed by atoms with van der Waals surface area (Å²) in [6.45, 7) is 3.81. The van der Waals surface area contributed by atoms with Crippen LogP contribution in [0.25, 0.3) is 0 Å². The highest BCUT2D eigenvalue weighted by atomic mass is 79.9. The maximum Gasteiger partial charge on any atom is 0.274 e. The van der Waals surface area contributed by atoms with Gasteiger partial charge in [-0.15, -0.1) is 0 Å². The zero-order valence-electron chi connectivity index (χ0n) is 10.2. The van der Waals surface area contributed by atoms with Crippen LogP contribution >= 0.6 is 15.9 Å². The quantitative estimate of drug-likeness (QED) is 0.919. The lowest BCUT2D eigenvalue weighted by Gasteiger charge is -2.09. The van der Waals surface area contributed by atoms with Crippen molar-refractivity contribution in [1.29, 1.82) is 0 Å². The first-order valence-electron chi connectivity index (χ1n) is 5.58. The molecule has 0 bridgehead atoms. The normalized spacial score (nSPS) is 10.2. The van der Waals surface area contributed by atoms with Gasteiger partial charge in [-0.05, 0) is 43.7 Å². The topological polar surface area (TPSA) is 42.0 Å². The molecule has 1 aromatic carbocycles. The number of hydrogen-bond acceptors (Lipinski definition) is 2. The molecule has 2 aromatic rings. The molecule has 0 aliphatic heterocycles. The molecular weight excluding hydrogens is 292 g/mol. The summed E-state index contributed by atoms with van der Waals surface area (Å²) in [5.41, 5.74) is 3.04. The summed E-state index contributed by atoms with van der Waals surface area (Å²) in [6, 6.07) is 11.1. The maximum absolute atomic E-state index is 12.0. The number of benzene rings is 1. The largest absolute Gasteiger partial charge is 0.320 e. The van der Waals surface area contributed by atoms with E-state index in [1.54, 1.807) is 6.07 Å². The average Bonchev–Trinajstić information content (AvgIpc) is 2.35. The van der Waals surface area contributed by atoms with Gasteiger partial charge in [-0.1, -0.05) is 28.1 Å². The first kappa shape index (κ1) is 12.8. The second-order valence-corrected chi connectivity index (χ2v) is 4.89. The van der Waals surface area contributed by atoms with Crippen LogP contribution in [0.5, 0.6) is 0 Å². The number of carbonyl (C=O) groups excluding carboxylic acids is 1. The minimum Gasteiger partial charge on any atom is -0.320 e. The Bertz CT molecular complexity index is 596. The number of hydrogen-bond donors (Lipinski definition) is 1. The lowest BCUT2D eigenvalue weighted by molar-refractivity contribution is 0.102. The monoisotopic (exact) mass is 304 g/mol. The summed E-state index contributed by atoms with van der Waals surface area (Å²) in [5, 5.41) is 2.86. The van der Waals surface area contributed by atoms with Gasteiger partial charge in [0.15, 0.2) is 0 Å². The Balaban J connectivity index is 2.24. The highest BCUT2D eigenvalue weighted by molar-refractivity contribution is 9.10.